The first-order valence-electron chi connectivity index (χ1n) is 7.46. The molecule has 0 bridgehead atoms. The van der Waals surface area contributed by atoms with Crippen molar-refractivity contribution in [1.29, 1.82) is 0 Å². The number of likely N-dealkylation sites (N-methyl/N-ethyl adjacent to an activating group) is 1. The van der Waals surface area contributed by atoms with Gasteiger partial charge in [0.25, 0.3) is 0 Å². The van der Waals surface area contributed by atoms with Crippen LogP contribution in [-0.2, 0) is 12.8 Å². The van der Waals surface area contributed by atoms with Crippen molar-refractivity contribution in [2.45, 2.75) is 45.7 Å². The zero-order valence-corrected chi connectivity index (χ0v) is 14.5. The van der Waals surface area contributed by atoms with E-state index in [1.165, 1.54) is 5.56 Å². The minimum Gasteiger partial charge on any atom is -0.313 e. The molecule has 0 fully saturated rings. The van der Waals surface area contributed by atoms with Gasteiger partial charge in [-0.25, -0.2) is 9.67 Å². The van der Waals surface area contributed by atoms with Crippen LogP contribution in [-0.4, -0.2) is 27.4 Å². The van der Waals surface area contributed by atoms with Crippen LogP contribution in [0.1, 0.15) is 38.2 Å². The van der Waals surface area contributed by atoms with Gasteiger partial charge in [0, 0.05) is 23.0 Å². The molecule has 0 aliphatic carbocycles. The Hall–Kier alpha value is -1.20. The standard InChI is InChI=1S/C16H23BrN4/c1-4-18-15(9-13-6-5-7-14(17)8-13)10-16-19-11-20-21(16)12(2)3/h5-8,11-12,15,18H,4,9-10H2,1-3H3. The molecule has 1 N–H and O–H groups in total. The first kappa shape index (κ1) is 16.2. The summed E-state index contributed by atoms with van der Waals surface area (Å²) >= 11 is 3.54. The minimum absolute atomic E-state index is 0.343. The summed E-state index contributed by atoms with van der Waals surface area (Å²) in [6, 6.07) is 9.20. The van der Waals surface area contributed by atoms with Crippen LogP contribution in [0.4, 0.5) is 0 Å². The maximum absolute atomic E-state index is 4.42. The van der Waals surface area contributed by atoms with E-state index in [4.69, 9.17) is 0 Å². The maximum Gasteiger partial charge on any atom is 0.138 e. The van der Waals surface area contributed by atoms with Gasteiger partial charge >= 0.3 is 0 Å². The van der Waals surface area contributed by atoms with Gasteiger partial charge in [0.2, 0.25) is 0 Å². The van der Waals surface area contributed by atoms with Crippen molar-refractivity contribution in [1.82, 2.24) is 20.1 Å². The van der Waals surface area contributed by atoms with Gasteiger partial charge in [-0.1, -0.05) is 35.0 Å². The predicted molar refractivity (Wildman–Crippen MR) is 89.4 cm³/mol. The Morgan fingerprint density at radius 1 is 1.29 bits per heavy atom. The Labute approximate surface area is 135 Å². The Balaban J connectivity index is 2.10. The molecule has 1 unspecified atom stereocenters. The van der Waals surface area contributed by atoms with Crippen LogP contribution in [0, 0.1) is 0 Å². The van der Waals surface area contributed by atoms with Gasteiger partial charge in [-0.3, -0.25) is 0 Å². The maximum atomic E-state index is 4.42. The lowest BCUT2D eigenvalue weighted by atomic mass is 10.0. The molecule has 1 atom stereocenters. The van der Waals surface area contributed by atoms with Crippen molar-refractivity contribution in [3.05, 3.63) is 46.5 Å². The highest BCUT2D eigenvalue weighted by molar-refractivity contribution is 9.10. The van der Waals surface area contributed by atoms with Crippen LogP contribution in [0.2, 0.25) is 0 Å². The van der Waals surface area contributed by atoms with Crippen molar-refractivity contribution >= 4 is 15.9 Å². The summed E-state index contributed by atoms with van der Waals surface area (Å²) in [5, 5.41) is 7.88. The number of nitrogens with one attached hydrogen (secondary N) is 1. The van der Waals surface area contributed by atoms with Crippen LogP contribution in [0.15, 0.2) is 35.1 Å². The number of halogens is 1. The van der Waals surface area contributed by atoms with Gasteiger partial charge in [0.1, 0.15) is 12.2 Å². The van der Waals surface area contributed by atoms with E-state index in [-0.39, 0.29) is 0 Å². The Bertz CT molecular complexity index is 565. The molecule has 0 saturated carbocycles. The highest BCUT2D eigenvalue weighted by atomic mass is 79.9. The normalized spacial score (nSPS) is 12.8. The van der Waals surface area contributed by atoms with Crippen LogP contribution < -0.4 is 5.32 Å². The summed E-state index contributed by atoms with van der Waals surface area (Å²) in [5.74, 6) is 1.05. The molecule has 0 radical (unpaired) electrons. The fraction of sp³-hybridized carbons (Fsp3) is 0.500. The van der Waals surface area contributed by atoms with Crippen molar-refractivity contribution in [3.63, 3.8) is 0 Å². The molecule has 114 valence electrons. The summed E-state index contributed by atoms with van der Waals surface area (Å²) in [6.07, 6.45) is 3.52. The molecule has 4 nitrogen and oxygen atoms in total. The topological polar surface area (TPSA) is 42.7 Å². The molecule has 0 spiro atoms. The van der Waals surface area contributed by atoms with Crippen LogP contribution in [0.5, 0.6) is 0 Å². The highest BCUT2D eigenvalue weighted by Gasteiger charge is 2.15. The highest BCUT2D eigenvalue weighted by Crippen LogP contribution is 2.15. The monoisotopic (exact) mass is 350 g/mol. The van der Waals surface area contributed by atoms with E-state index < -0.39 is 0 Å². The Kier molecular flexibility index (Phi) is 5.94. The largest absolute Gasteiger partial charge is 0.313 e. The minimum atomic E-state index is 0.343. The zero-order chi connectivity index (χ0) is 15.2. The molecule has 0 aliphatic rings. The van der Waals surface area contributed by atoms with Crippen molar-refractivity contribution in [3.8, 4) is 0 Å². The molecule has 0 amide bonds. The molecule has 2 rings (SSSR count). The number of benzene rings is 1. The Morgan fingerprint density at radius 3 is 2.76 bits per heavy atom. The molecule has 21 heavy (non-hydrogen) atoms. The van der Waals surface area contributed by atoms with E-state index in [1.807, 2.05) is 4.68 Å². The van der Waals surface area contributed by atoms with Gasteiger partial charge in [-0.05, 0) is 44.5 Å². The van der Waals surface area contributed by atoms with Crippen LogP contribution >= 0.6 is 15.9 Å². The van der Waals surface area contributed by atoms with Gasteiger partial charge in [0.15, 0.2) is 0 Å². The molecule has 1 aromatic carbocycles. The molecule has 0 saturated heterocycles. The summed E-state index contributed by atoms with van der Waals surface area (Å²) in [6.45, 7) is 7.36. The number of rotatable bonds is 7. The lowest BCUT2D eigenvalue weighted by Crippen LogP contribution is -2.34. The second-order valence-corrected chi connectivity index (χ2v) is 6.42. The third kappa shape index (κ3) is 4.64. The lowest BCUT2D eigenvalue weighted by Gasteiger charge is -2.19. The second-order valence-electron chi connectivity index (χ2n) is 5.51. The van der Waals surface area contributed by atoms with E-state index in [2.05, 4.69) is 76.4 Å². The van der Waals surface area contributed by atoms with E-state index in [0.29, 0.717) is 12.1 Å². The Morgan fingerprint density at radius 2 is 2.10 bits per heavy atom. The number of aromatic nitrogens is 3. The fourth-order valence-electron chi connectivity index (χ4n) is 2.53. The zero-order valence-electron chi connectivity index (χ0n) is 12.9. The molecule has 1 aromatic heterocycles. The molecular formula is C16H23BrN4. The molecule has 5 heteroatoms. The van der Waals surface area contributed by atoms with Crippen LogP contribution in [0.25, 0.3) is 0 Å². The fourth-order valence-corrected chi connectivity index (χ4v) is 2.97. The quantitative estimate of drug-likeness (QED) is 0.832. The first-order chi connectivity index (χ1) is 10.1. The van der Waals surface area contributed by atoms with E-state index in [9.17, 15) is 0 Å². The molecular weight excluding hydrogens is 328 g/mol. The van der Waals surface area contributed by atoms with Crippen LogP contribution in [0.3, 0.4) is 0 Å². The van der Waals surface area contributed by atoms with Crippen molar-refractivity contribution in [2.24, 2.45) is 0 Å². The average Bonchev–Trinajstić information content (AvgIpc) is 2.87. The summed E-state index contributed by atoms with van der Waals surface area (Å²) in [7, 11) is 0. The van der Waals surface area contributed by atoms with Gasteiger partial charge in [-0.15, -0.1) is 0 Å². The predicted octanol–water partition coefficient (Wildman–Crippen LogP) is 3.38. The number of hydrogen-bond donors (Lipinski definition) is 1. The van der Waals surface area contributed by atoms with Crippen molar-refractivity contribution in [2.75, 3.05) is 6.54 Å². The van der Waals surface area contributed by atoms with Gasteiger partial charge < -0.3 is 5.32 Å². The average molecular weight is 351 g/mol. The van der Waals surface area contributed by atoms with E-state index >= 15 is 0 Å². The van der Waals surface area contributed by atoms with E-state index in [0.717, 1.165) is 29.7 Å². The number of hydrogen-bond acceptors (Lipinski definition) is 3. The third-order valence-corrected chi connectivity index (χ3v) is 3.92. The molecule has 2 aromatic rings. The van der Waals surface area contributed by atoms with Crippen molar-refractivity contribution < 1.29 is 0 Å². The lowest BCUT2D eigenvalue weighted by molar-refractivity contribution is 0.459. The molecule has 0 aliphatic heterocycles. The SMILES string of the molecule is CCNC(Cc1cccc(Br)c1)Cc1ncnn1C(C)C. The summed E-state index contributed by atoms with van der Waals surface area (Å²) < 4.78 is 3.13. The summed E-state index contributed by atoms with van der Waals surface area (Å²) in [5.41, 5.74) is 1.32. The smallest absolute Gasteiger partial charge is 0.138 e. The molecule has 1 heterocycles. The second kappa shape index (κ2) is 7.71. The first-order valence-corrected chi connectivity index (χ1v) is 8.25. The van der Waals surface area contributed by atoms with E-state index in [1.54, 1.807) is 6.33 Å². The van der Waals surface area contributed by atoms with Gasteiger partial charge in [-0.2, -0.15) is 5.10 Å². The van der Waals surface area contributed by atoms with Gasteiger partial charge in [0.05, 0.1) is 0 Å². The summed E-state index contributed by atoms with van der Waals surface area (Å²) in [4.78, 5) is 4.42. The third-order valence-electron chi connectivity index (χ3n) is 3.43. The number of nitrogens with zero attached hydrogens (tertiary/aromatic N) is 3.